The van der Waals surface area contributed by atoms with Crippen molar-refractivity contribution in [1.29, 1.82) is 0 Å². The molecule has 2 atom stereocenters. The first-order valence-corrected chi connectivity index (χ1v) is 7.24. The molecular formula is C16H20N2O3. The number of ether oxygens (including phenoxy) is 1. The van der Waals surface area contributed by atoms with Crippen LogP contribution < -0.4 is 0 Å². The Balaban J connectivity index is 1.90. The third kappa shape index (κ3) is 2.26. The largest absolute Gasteiger partial charge is 0.447 e. The summed E-state index contributed by atoms with van der Waals surface area (Å²) in [5.74, 6) is 0.0238. The first-order valence-electron chi connectivity index (χ1n) is 7.24. The van der Waals surface area contributed by atoms with Crippen molar-refractivity contribution in [2.75, 3.05) is 13.2 Å². The quantitative estimate of drug-likeness (QED) is 0.841. The number of amides is 1. The van der Waals surface area contributed by atoms with E-state index in [9.17, 15) is 4.79 Å². The number of aryl methyl sites for hydroxylation is 3. The van der Waals surface area contributed by atoms with Crippen LogP contribution in [0.3, 0.4) is 0 Å². The number of rotatable bonds is 2. The van der Waals surface area contributed by atoms with Crippen molar-refractivity contribution < 1.29 is 14.4 Å². The molecule has 112 valence electrons. The molecular weight excluding hydrogens is 268 g/mol. The lowest BCUT2D eigenvalue weighted by molar-refractivity contribution is -0.0273. The predicted octanol–water partition coefficient (Wildman–Crippen LogP) is 2.76. The molecule has 1 amide bonds. The minimum Gasteiger partial charge on any atom is -0.447 e. The van der Waals surface area contributed by atoms with Crippen LogP contribution in [0, 0.1) is 26.7 Å². The fraction of sp³-hybridized carbons (Fsp3) is 0.500. The van der Waals surface area contributed by atoms with E-state index in [-0.39, 0.29) is 18.2 Å². The number of carbonyl (C=O) groups excluding carboxylic acids is 1. The van der Waals surface area contributed by atoms with Gasteiger partial charge in [0.05, 0.1) is 18.2 Å². The minimum atomic E-state index is -0.366. The molecule has 1 aromatic rings. The molecule has 0 saturated carbocycles. The third-order valence-corrected chi connectivity index (χ3v) is 4.15. The summed E-state index contributed by atoms with van der Waals surface area (Å²) in [4.78, 5) is 18.9. The van der Waals surface area contributed by atoms with Gasteiger partial charge in [-0.15, -0.1) is 0 Å². The summed E-state index contributed by atoms with van der Waals surface area (Å²) in [5, 5.41) is 4.27. The Morgan fingerprint density at radius 1 is 1.24 bits per heavy atom. The van der Waals surface area contributed by atoms with Gasteiger partial charge in [0.15, 0.2) is 0 Å². The highest BCUT2D eigenvalue weighted by Gasteiger charge is 2.41. The van der Waals surface area contributed by atoms with Crippen LogP contribution in [0.4, 0.5) is 4.79 Å². The molecule has 0 N–H and O–H groups in total. The summed E-state index contributed by atoms with van der Waals surface area (Å²) in [6.07, 6.45) is -0.684. The van der Waals surface area contributed by atoms with Gasteiger partial charge in [0.25, 0.3) is 0 Å². The Hall–Kier alpha value is -2.04. The Bertz CT molecular complexity index is 601. The average molecular weight is 288 g/mol. The van der Waals surface area contributed by atoms with Gasteiger partial charge in [0.1, 0.15) is 6.61 Å². The molecule has 0 spiro atoms. The molecule has 5 heteroatoms. The van der Waals surface area contributed by atoms with E-state index in [0.717, 1.165) is 11.3 Å². The number of hydrogen-bond acceptors (Lipinski definition) is 4. The van der Waals surface area contributed by atoms with Gasteiger partial charge >= 0.3 is 6.09 Å². The van der Waals surface area contributed by atoms with Crippen LogP contribution in [0.5, 0.6) is 0 Å². The average Bonchev–Trinajstić information content (AvgIpc) is 2.96. The van der Waals surface area contributed by atoms with E-state index in [1.165, 1.54) is 16.7 Å². The molecule has 1 saturated heterocycles. The number of nitrogens with zero attached hydrogens (tertiary/aromatic N) is 2. The smallest absolute Gasteiger partial charge is 0.412 e. The molecule has 1 fully saturated rings. The summed E-state index contributed by atoms with van der Waals surface area (Å²) in [6, 6.07) is 4.30. The van der Waals surface area contributed by atoms with Crippen molar-refractivity contribution in [2.24, 2.45) is 11.1 Å². The van der Waals surface area contributed by atoms with Crippen LogP contribution >= 0.6 is 0 Å². The molecule has 2 heterocycles. The molecule has 0 bridgehead atoms. The Kier molecular flexibility index (Phi) is 3.35. The highest BCUT2D eigenvalue weighted by Crippen LogP contribution is 2.30. The van der Waals surface area contributed by atoms with E-state index in [1.54, 1.807) is 4.90 Å². The van der Waals surface area contributed by atoms with Crippen molar-refractivity contribution in [3.05, 3.63) is 34.4 Å². The summed E-state index contributed by atoms with van der Waals surface area (Å²) >= 11 is 0. The summed E-state index contributed by atoms with van der Waals surface area (Å²) < 4.78 is 4.99. The third-order valence-electron chi connectivity index (χ3n) is 4.15. The van der Waals surface area contributed by atoms with Crippen molar-refractivity contribution in [2.45, 2.75) is 33.9 Å². The highest BCUT2D eigenvalue weighted by molar-refractivity contribution is 6.05. The number of benzene rings is 1. The lowest BCUT2D eigenvalue weighted by Crippen LogP contribution is -2.41. The second-order valence-corrected chi connectivity index (χ2v) is 5.84. The van der Waals surface area contributed by atoms with Crippen molar-refractivity contribution in [1.82, 2.24) is 4.90 Å². The Labute approximate surface area is 124 Å². The van der Waals surface area contributed by atoms with Crippen LogP contribution in [-0.2, 0) is 9.57 Å². The van der Waals surface area contributed by atoms with Gasteiger partial charge in [0.2, 0.25) is 6.23 Å². The van der Waals surface area contributed by atoms with Gasteiger partial charge in [0, 0.05) is 5.56 Å². The van der Waals surface area contributed by atoms with E-state index >= 15 is 0 Å². The Morgan fingerprint density at radius 3 is 2.48 bits per heavy atom. The van der Waals surface area contributed by atoms with E-state index in [2.05, 4.69) is 38.1 Å². The van der Waals surface area contributed by atoms with E-state index in [1.807, 2.05) is 6.92 Å². The van der Waals surface area contributed by atoms with Crippen LogP contribution in [0.25, 0.3) is 0 Å². The van der Waals surface area contributed by atoms with Crippen LogP contribution in [0.2, 0.25) is 0 Å². The number of hydrogen-bond donors (Lipinski definition) is 0. The zero-order valence-electron chi connectivity index (χ0n) is 12.8. The maximum atomic E-state index is 11.7. The molecule has 2 aliphatic rings. The second-order valence-electron chi connectivity index (χ2n) is 5.84. The Morgan fingerprint density at radius 2 is 1.90 bits per heavy atom. The van der Waals surface area contributed by atoms with Crippen LogP contribution in [-0.4, -0.2) is 36.1 Å². The monoisotopic (exact) mass is 288 g/mol. The zero-order valence-corrected chi connectivity index (χ0v) is 12.8. The van der Waals surface area contributed by atoms with Crippen molar-refractivity contribution in [3.63, 3.8) is 0 Å². The minimum absolute atomic E-state index is 0.0238. The second kappa shape index (κ2) is 5.06. The molecule has 0 unspecified atom stereocenters. The molecule has 21 heavy (non-hydrogen) atoms. The summed E-state index contributed by atoms with van der Waals surface area (Å²) in [6.45, 7) is 9.28. The first-order chi connectivity index (χ1) is 9.99. The van der Waals surface area contributed by atoms with Gasteiger partial charge in [-0.3, -0.25) is 4.90 Å². The van der Waals surface area contributed by atoms with Gasteiger partial charge < -0.3 is 9.57 Å². The topological polar surface area (TPSA) is 51.1 Å². The van der Waals surface area contributed by atoms with Crippen molar-refractivity contribution >= 4 is 11.8 Å². The fourth-order valence-corrected chi connectivity index (χ4v) is 3.24. The fourth-order valence-electron chi connectivity index (χ4n) is 3.24. The predicted molar refractivity (Wildman–Crippen MR) is 79.3 cm³/mol. The summed E-state index contributed by atoms with van der Waals surface area (Å²) in [7, 11) is 0. The van der Waals surface area contributed by atoms with E-state index < -0.39 is 0 Å². The standard InChI is InChI=1S/C16H20N2O3/c1-9-7-10(2)13(11(3)8-9)14-12(4)15(21-17-14)18-5-6-20-16(18)19/h7-8,12,15H,5-6H2,1-4H3/t12-,15-/m0/s1. The molecule has 1 aromatic carbocycles. The van der Waals surface area contributed by atoms with Gasteiger partial charge in [-0.05, 0) is 31.9 Å². The highest BCUT2D eigenvalue weighted by atomic mass is 16.7. The molecule has 5 nitrogen and oxygen atoms in total. The van der Waals surface area contributed by atoms with Crippen molar-refractivity contribution in [3.8, 4) is 0 Å². The molecule has 0 aromatic heterocycles. The molecule has 0 aliphatic carbocycles. The van der Waals surface area contributed by atoms with Crippen LogP contribution in [0.15, 0.2) is 17.3 Å². The number of oxime groups is 1. The lowest BCUT2D eigenvalue weighted by Gasteiger charge is -2.23. The maximum Gasteiger partial charge on any atom is 0.412 e. The lowest BCUT2D eigenvalue weighted by atomic mass is 9.89. The van der Waals surface area contributed by atoms with E-state index in [0.29, 0.717) is 13.2 Å². The molecule has 3 rings (SSSR count). The molecule has 0 radical (unpaired) electrons. The first kappa shape index (κ1) is 13.9. The van der Waals surface area contributed by atoms with Gasteiger partial charge in [-0.1, -0.05) is 29.8 Å². The normalized spacial score (nSPS) is 24.9. The molecule has 2 aliphatic heterocycles. The SMILES string of the molecule is Cc1cc(C)c(C2=NO[C@H](N3CCOC3=O)[C@H]2C)c(C)c1. The number of carbonyl (C=O) groups is 1. The summed E-state index contributed by atoms with van der Waals surface area (Å²) in [5.41, 5.74) is 5.65. The zero-order chi connectivity index (χ0) is 15.1. The van der Waals surface area contributed by atoms with Gasteiger partial charge in [-0.25, -0.2) is 4.79 Å². The maximum absolute atomic E-state index is 11.7. The van der Waals surface area contributed by atoms with Gasteiger partial charge in [-0.2, -0.15) is 0 Å². The number of cyclic esters (lactones) is 1. The van der Waals surface area contributed by atoms with Crippen LogP contribution in [0.1, 0.15) is 29.2 Å². The van der Waals surface area contributed by atoms with E-state index in [4.69, 9.17) is 9.57 Å².